The minimum absolute atomic E-state index is 0.159. The lowest BCUT2D eigenvalue weighted by molar-refractivity contribution is -0.137. The molecule has 1 aliphatic carbocycles. The van der Waals surface area contributed by atoms with Crippen molar-refractivity contribution in [2.75, 3.05) is 12.3 Å². The van der Waals surface area contributed by atoms with E-state index < -0.39 is 28.8 Å². The van der Waals surface area contributed by atoms with E-state index in [1.807, 2.05) is 0 Å². The Morgan fingerprint density at radius 1 is 1.35 bits per heavy atom. The molecular weight excluding hydrogens is 293 g/mol. The maximum Gasteiger partial charge on any atom is 0.402 e. The molecule has 0 radical (unpaired) electrons. The van der Waals surface area contributed by atoms with Crippen LogP contribution in [0.3, 0.4) is 0 Å². The molecule has 1 saturated carbocycles. The molecule has 112 valence electrons. The summed E-state index contributed by atoms with van der Waals surface area (Å²) in [6.45, 7) is 0.0687. The molecular formula is C12H15F3N2O2S. The molecule has 2 rings (SSSR count). The van der Waals surface area contributed by atoms with E-state index in [0.717, 1.165) is 0 Å². The summed E-state index contributed by atoms with van der Waals surface area (Å²) in [4.78, 5) is -0.159. The van der Waals surface area contributed by atoms with Crippen LogP contribution in [-0.2, 0) is 10.0 Å². The maximum atomic E-state index is 12.6. The van der Waals surface area contributed by atoms with Gasteiger partial charge in [-0.05, 0) is 37.5 Å². The SMILES string of the molecule is Cc1ccc(N)cc1S(=O)(=O)N(CC(F)(F)F)C1CC1. The van der Waals surface area contributed by atoms with Crippen LogP contribution in [0.5, 0.6) is 0 Å². The van der Waals surface area contributed by atoms with Gasteiger partial charge in [0.25, 0.3) is 0 Å². The molecule has 0 unspecified atom stereocenters. The van der Waals surface area contributed by atoms with Gasteiger partial charge < -0.3 is 5.73 Å². The zero-order chi connectivity index (χ0) is 15.1. The van der Waals surface area contributed by atoms with E-state index in [2.05, 4.69) is 0 Å². The van der Waals surface area contributed by atoms with Gasteiger partial charge in [-0.15, -0.1) is 0 Å². The lowest BCUT2D eigenvalue weighted by atomic mass is 10.2. The fraction of sp³-hybridized carbons (Fsp3) is 0.500. The van der Waals surface area contributed by atoms with Gasteiger partial charge in [-0.3, -0.25) is 0 Å². The number of hydrogen-bond donors (Lipinski definition) is 1. The number of sulfonamides is 1. The van der Waals surface area contributed by atoms with Crippen molar-refractivity contribution in [1.29, 1.82) is 0 Å². The molecule has 4 nitrogen and oxygen atoms in total. The highest BCUT2D eigenvalue weighted by Crippen LogP contribution is 2.35. The fourth-order valence-corrected chi connectivity index (χ4v) is 3.90. The molecule has 0 heterocycles. The van der Waals surface area contributed by atoms with Gasteiger partial charge in [0, 0.05) is 11.7 Å². The number of nitrogen functional groups attached to an aromatic ring is 1. The molecule has 0 amide bonds. The van der Waals surface area contributed by atoms with Crippen LogP contribution in [0.2, 0.25) is 0 Å². The summed E-state index contributed by atoms with van der Waals surface area (Å²) in [5.74, 6) is 0. The minimum Gasteiger partial charge on any atom is -0.399 e. The number of nitrogens with two attached hydrogens (primary N) is 1. The molecule has 20 heavy (non-hydrogen) atoms. The van der Waals surface area contributed by atoms with E-state index in [-0.39, 0.29) is 10.6 Å². The Morgan fingerprint density at radius 3 is 2.45 bits per heavy atom. The second kappa shape index (κ2) is 4.92. The van der Waals surface area contributed by atoms with Crippen molar-refractivity contribution in [3.05, 3.63) is 23.8 Å². The van der Waals surface area contributed by atoms with Gasteiger partial charge in [0.1, 0.15) is 6.54 Å². The Hall–Kier alpha value is -1.28. The van der Waals surface area contributed by atoms with Gasteiger partial charge >= 0.3 is 6.18 Å². The first-order chi connectivity index (χ1) is 9.11. The second-order valence-corrected chi connectivity index (χ2v) is 6.78. The number of aryl methyl sites for hydroxylation is 1. The molecule has 1 aliphatic rings. The average Bonchev–Trinajstić information content (AvgIpc) is 3.12. The monoisotopic (exact) mass is 308 g/mol. The van der Waals surface area contributed by atoms with Gasteiger partial charge in [0.2, 0.25) is 10.0 Å². The second-order valence-electron chi connectivity index (χ2n) is 4.92. The van der Waals surface area contributed by atoms with Gasteiger partial charge in [0.05, 0.1) is 4.90 Å². The Bertz CT molecular complexity index is 610. The highest BCUT2D eigenvalue weighted by atomic mass is 32.2. The van der Waals surface area contributed by atoms with Crippen molar-refractivity contribution in [3.8, 4) is 0 Å². The van der Waals surface area contributed by atoms with Crippen LogP contribution in [0.15, 0.2) is 23.1 Å². The molecule has 0 spiro atoms. The molecule has 0 atom stereocenters. The number of alkyl halides is 3. The molecule has 0 bridgehead atoms. The first-order valence-electron chi connectivity index (χ1n) is 6.06. The van der Waals surface area contributed by atoms with Crippen LogP contribution in [-0.4, -0.2) is 31.5 Å². The number of nitrogens with zero attached hydrogens (tertiary/aromatic N) is 1. The predicted molar refractivity (Wildman–Crippen MR) is 68.6 cm³/mol. The third kappa shape index (κ3) is 3.24. The average molecular weight is 308 g/mol. The summed E-state index contributed by atoms with van der Waals surface area (Å²) in [6, 6.07) is 3.64. The molecule has 1 aromatic rings. The highest BCUT2D eigenvalue weighted by molar-refractivity contribution is 7.89. The minimum atomic E-state index is -4.57. The van der Waals surface area contributed by atoms with Crippen molar-refractivity contribution >= 4 is 15.7 Å². The Morgan fingerprint density at radius 2 is 1.95 bits per heavy atom. The molecule has 1 aromatic carbocycles. The number of anilines is 1. The number of rotatable bonds is 4. The lowest BCUT2D eigenvalue weighted by Gasteiger charge is -2.24. The van der Waals surface area contributed by atoms with Crippen molar-refractivity contribution in [3.63, 3.8) is 0 Å². The van der Waals surface area contributed by atoms with Crippen LogP contribution in [0.25, 0.3) is 0 Å². The van der Waals surface area contributed by atoms with E-state index in [9.17, 15) is 21.6 Å². The number of halogens is 3. The normalized spacial score (nSPS) is 16.6. The Kier molecular flexibility index (Phi) is 3.72. The lowest BCUT2D eigenvalue weighted by Crippen LogP contribution is -2.40. The van der Waals surface area contributed by atoms with Crippen LogP contribution in [0, 0.1) is 6.92 Å². The van der Waals surface area contributed by atoms with Crippen molar-refractivity contribution in [2.45, 2.75) is 36.9 Å². The number of benzene rings is 1. The molecule has 0 aliphatic heterocycles. The summed E-state index contributed by atoms with van der Waals surface area (Å²) in [5, 5.41) is 0. The molecule has 2 N–H and O–H groups in total. The topological polar surface area (TPSA) is 63.4 Å². The standard InChI is InChI=1S/C12H15F3N2O2S/c1-8-2-3-9(16)6-11(8)20(18,19)17(10-4-5-10)7-12(13,14)15/h2-3,6,10H,4-5,7,16H2,1H3. The quantitative estimate of drug-likeness (QED) is 0.868. The smallest absolute Gasteiger partial charge is 0.399 e. The summed E-state index contributed by atoms with van der Waals surface area (Å²) in [6.07, 6.45) is -3.66. The summed E-state index contributed by atoms with van der Waals surface area (Å²) in [5.41, 5.74) is 6.13. The molecule has 8 heteroatoms. The largest absolute Gasteiger partial charge is 0.402 e. The van der Waals surface area contributed by atoms with E-state index in [4.69, 9.17) is 5.73 Å². The first-order valence-corrected chi connectivity index (χ1v) is 7.50. The summed E-state index contributed by atoms with van der Waals surface area (Å²) >= 11 is 0. The third-order valence-corrected chi connectivity index (χ3v) is 5.13. The first kappa shape index (κ1) is 15.1. The summed E-state index contributed by atoms with van der Waals surface area (Å²) in [7, 11) is -4.19. The molecule has 0 aromatic heterocycles. The van der Waals surface area contributed by atoms with Crippen LogP contribution in [0.4, 0.5) is 18.9 Å². The number of hydrogen-bond acceptors (Lipinski definition) is 3. The van der Waals surface area contributed by atoms with Gasteiger partial charge in [-0.1, -0.05) is 6.07 Å². The van der Waals surface area contributed by atoms with Crippen LogP contribution < -0.4 is 5.73 Å². The van der Waals surface area contributed by atoms with Gasteiger partial charge in [-0.25, -0.2) is 8.42 Å². The van der Waals surface area contributed by atoms with Crippen LogP contribution >= 0.6 is 0 Å². The van der Waals surface area contributed by atoms with Gasteiger partial charge in [0.15, 0.2) is 0 Å². The van der Waals surface area contributed by atoms with Gasteiger partial charge in [-0.2, -0.15) is 17.5 Å². The van der Waals surface area contributed by atoms with Crippen molar-refractivity contribution < 1.29 is 21.6 Å². The van der Waals surface area contributed by atoms with E-state index in [0.29, 0.717) is 22.7 Å². The van der Waals surface area contributed by atoms with E-state index in [1.165, 1.54) is 25.1 Å². The third-order valence-electron chi connectivity index (χ3n) is 3.09. The summed E-state index contributed by atoms with van der Waals surface area (Å²) < 4.78 is 63.2. The molecule has 1 fully saturated rings. The molecule has 0 saturated heterocycles. The Labute approximate surface area is 115 Å². The van der Waals surface area contributed by atoms with E-state index >= 15 is 0 Å². The fourth-order valence-electron chi connectivity index (χ4n) is 1.97. The Balaban J connectivity index is 2.43. The maximum absolute atomic E-state index is 12.6. The van der Waals surface area contributed by atoms with Crippen LogP contribution in [0.1, 0.15) is 18.4 Å². The zero-order valence-electron chi connectivity index (χ0n) is 10.8. The van der Waals surface area contributed by atoms with Crippen molar-refractivity contribution in [1.82, 2.24) is 4.31 Å². The zero-order valence-corrected chi connectivity index (χ0v) is 11.6. The predicted octanol–water partition coefficient (Wildman–Crippen LogP) is 2.29. The van der Waals surface area contributed by atoms with Crippen molar-refractivity contribution in [2.24, 2.45) is 0 Å². The highest BCUT2D eigenvalue weighted by Gasteiger charge is 2.45. The van der Waals surface area contributed by atoms with E-state index in [1.54, 1.807) is 0 Å².